The van der Waals surface area contributed by atoms with Gasteiger partial charge in [0.15, 0.2) is 0 Å². The Morgan fingerprint density at radius 3 is 2.79 bits per heavy atom. The van der Waals surface area contributed by atoms with Gasteiger partial charge in [0, 0.05) is 25.7 Å². The minimum Gasteiger partial charge on any atom is -0.393 e. The first-order valence-electron chi connectivity index (χ1n) is 5.62. The van der Waals surface area contributed by atoms with E-state index in [1.165, 1.54) is 0 Å². The molecule has 0 aliphatic heterocycles. The normalized spacial score (nSPS) is 32.4. The van der Waals surface area contributed by atoms with Crippen LogP contribution in [0.5, 0.6) is 0 Å². The van der Waals surface area contributed by atoms with Crippen LogP contribution >= 0.6 is 0 Å². The molecule has 0 saturated heterocycles. The zero-order chi connectivity index (χ0) is 10.4. The van der Waals surface area contributed by atoms with E-state index in [2.05, 4.69) is 0 Å². The van der Waals surface area contributed by atoms with Crippen molar-refractivity contribution in [3.8, 4) is 0 Å². The summed E-state index contributed by atoms with van der Waals surface area (Å²) in [4.78, 5) is 0. The van der Waals surface area contributed by atoms with Gasteiger partial charge in [-0.3, -0.25) is 0 Å². The van der Waals surface area contributed by atoms with Gasteiger partial charge in [0.05, 0.1) is 6.10 Å². The highest BCUT2D eigenvalue weighted by Gasteiger charge is 2.39. The third kappa shape index (κ3) is 2.69. The van der Waals surface area contributed by atoms with Crippen LogP contribution in [-0.2, 0) is 4.74 Å². The number of ether oxygens (including phenoxy) is 1. The fourth-order valence-electron chi connectivity index (χ4n) is 2.48. The molecule has 0 heterocycles. The van der Waals surface area contributed by atoms with Crippen LogP contribution in [-0.4, -0.2) is 31.5 Å². The monoisotopic (exact) mass is 201 g/mol. The first kappa shape index (κ1) is 12.0. The standard InChI is InChI=1S/C11H23NO2/c1-14-8-3-2-6-11(9-12)7-4-5-10(11)13/h10,13H,2-9,12H2,1H3. The molecule has 84 valence electrons. The second kappa shape index (κ2) is 5.69. The van der Waals surface area contributed by atoms with E-state index in [9.17, 15) is 5.11 Å². The Hall–Kier alpha value is -0.120. The summed E-state index contributed by atoms with van der Waals surface area (Å²) in [6.07, 6.45) is 6.22. The molecule has 1 fully saturated rings. The molecular formula is C11H23NO2. The highest BCUT2D eigenvalue weighted by Crippen LogP contribution is 2.41. The summed E-state index contributed by atoms with van der Waals surface area (Å²) in [7, 11) is 1.73. The molecule has 0 aromatic heterocycles. The van der Waals surface area contributed by atoms with Gasteiger partial charge >= 0.3 is 0 Å². The first-order chi connectivity index (χ1) is 6.75. The molecule has 1 saturated carbocycles. The van der Waals surface area contributed by atoms with Crippen molar-refractivity contribution < 1.29 is 9.84 Å². The fourth-order valence-corrected chi connectivity index (χ4v) is 2.48. The average Bonchev–Trinajstić information content (AvgIpc) is 2.56. The van der Waals surface area contributed by atoms with Crippen LogP contribution in [0.2, 0.25) is 0 Å². The maximum Gasteiger partial charge on any atom is 0.0608 e. The van der Waals surface area contributed by atoms with Crippen molar-refractivity contribution in [2.75, 3.05) is 20.3 Å². The summed E-state index contributed by atoms with van der Waals surface area (Å²) in [6, 6.07) is 0. The molecule has 1 rings (SSSR count). The molecule has 1 aliphatic carbocycles. The molecule has 0 spiro atoms. The third-order valence-corrected chi connectivity index (χ3v) is 3.54. The maximum atomic E-state index is 9.88. The van der Waals surface area contributed by atoms with Crippen molar-refractivity contribution in [1.82, 2.24) is 0 Å². The van der Waals surface area contributed by atoms with Gasteiger partial charge in [0.1, 0.15) is 0 Å². The Kier molecular flexibility index (Phi) is 4.85. The molecule has 0 bridgehead atoms. The van der Waals surface area contributed by atoms with Crippen LogP contribution < -0.4 is 5.73 Å². The molecule has 3 nitrogen and oxygen atoms in total. The third-order valence-electron chi connectivity index (χ3n) is 3.54. The maximum absolute atomic E-state index is 9.88. The van der Waals surface area contributed by atoms with Crippen LogP contribution in [0, 0.1) is 5.41 Å². The van der Waals surface area contributed by atoms with Crippen LogP contribution in [0.25, 0.3) is 0 Å². The number of aliphatic hydroxyl groups is 1. The van der Waals surface area contributed by atoms with Gasteiger partial charge in [-0.05, 0) is 25.7 Å². The summed E-state index contributed by atoms with van der Waals surface area (Å²) < 4.78 is 5.01. The van der Waals surface area contributed by atoms with E-state index in [1.54, 1.807) is 7.11 Å². The van der Waals surface area contributed by atoms with Crippen LogP contribution in [0.3, 0.4) is 0 Å². The minimum atomic E-state index is -0.171. The molecule has 2 unspecified atom stereocenters. The minimum absolute atomic E-state index is 0.0216. The highest BCUT2D eigenvalue weighted by atomic mass is 16.5. The molecule has 2 atom stereocenters. The van der Waals surface area contributed by atoms with Crippen LogP contribution in [0.1, 0.15) is 38.5 Å². The quantitative estimate of drug-likeness (QED) is 0.637. The van der Waals surface area contributed by atoms with Crippen LogP contribution in [0.15, 0.2) is 0 Å². The van der Waals surface area contributed by atoms with E-state index in [-0.39, 0.29) is 11.5 Å². The van der Waals surface area contributed by atoms with Gasteiger partial charge in [-0.15, -0.1) is 0 Å². The largest absolute Gasteiger partial charge is 0.393 e. The zero-order valence-corrected chi connectivity index (χ0v) is 9.17. The summed E-state index contributed by atoms with van der Waals surface area (Å²) in [5.41, 5.74) is 5.80. The lowest BCUT2D eigenvalue weighted by atomic mass is 9.79. The lowest BCUT2D eigenvalue weighted by Gasteiger charge is -2.31. The number of unbranched alkanes of at least 4 members (excludes halogenated alkanes) is 1. The smallest absolute Gasteiger partial charge is 0.0608 e. The van der Waals surface area contributed by atoms with Crippen molar-refractivity contribution >= 4 is 0 Å². The van der Waals surface area contributed by atoms with Crippen molar-refractivity contribution in [2.24, 2.45) is 11.1 Å². The van der Waals surface area contributed by atoms with E-state index in [0.29, 0.717) is 6.54 Å². The van der Waals surface area contributed by atoms with Gasteiger partial charge in [0.25, 0.3) is 0 Å². The van der Waals surface area contributed by atoms with E-state index >= 15 is 0 Å². The van der Waals surface area contributed by atoms with Crippen LogP contribution in [0.4, 0.5) is 0 Å². The molecule has 0 amide bonds. The predicted molar refractivity (Wildman–Crippen MR) is 57.1 cm³/mol. The number of aliphatic hydroxyl groups excluding tert-OH is 1. The Labute approximate surface area is 86.6 Å². The van der Waals surface area contributed by atoms with E-state index in [4.69, 9.17) is 10.5 Å². The van der Waals surface area contributed by atoms with E-state index in [0.717, 1.165) is 45.1 Å². The molecule has 0 aromatic carbocycles. The van der Waals surface area contributed by atoms with Crippen molar-refractivity contribution in [3.05, 3.63) is 0 Å². The average molecular weight is 201 g/mol. The second-order valence-corrected chi connectivity index (χ2v) is 4.42. The van der Waals surface area contributed by atoms with Gasteiger partial charge < -0.3 is 15.6 Å². The highest BCUT2D eigenvalue weighted by molar-refractivity contribution is 4.92. The molecule has 0 aromatic rings. The number of hydrogen-bond donors (Lipinski definition) is 2. The summed E-state index contributed by atoms with van der Waals surface area (Å²) in [5, 5.41) is 9.88. The van der Waals surface area contributed by atoms with Gasteiger partial charge in [-0.25, -0.2) is 0 Å². The summed E-state index contributed by atoms with van der Waals surface area (Å²) in [5.74, 6) is 0. The SMILES string of the molecule is COCCCCC1(CN)CCCC1O. The second-order valence-electron chi connectivity index (χ2n) is 4.42. The fraction of sp³-hybridized carbons (Fsp3) is 1.00. The number of methoxy groups -OCH3 is 1. The van der Waals surface area contributed by atoms with Gasteiger partial charge in [-0.1, -0.05) is 12.8 Å². The zero-order valence-electron chi connectivity index (χ0n) is 9.17. The number of nitrogens with two attached hydrogens (primary N) is 1. The van der Waals surface area contributed by atoms with Gasteiger partial charge in [-0.2, -0.15) is 0 Å². The lowest BCUT2D eigenvalue weighted by Crippen LogP contribution is -2.37. The van der Waals surface area contributed by atoms with Crippen molar-refractivity contribution in [1.29, 1.82) is 0 Å². The molecule has 14 heavy (non-hydrogen) atoms. The Morgan fingerprint density at radius 1 is 1.50 bits per heavy atom. The molecular weight excluding hydrogens is 178 g/mol. The lowest BCUT2D eigenvalue weighted by molar-refractivity contribution is 0.0484. The molecule has 3 N–H and O–H groups in total. The topological polar surface area (TPSA) is 55.5 Å². The Balaban J connectivity index is 2.30. The van der Waals surface area contributed by atoms with E-state index in [1.807, 2.05) is 0 Å². The first-order valence-corrected chi connectivity index (χ1v) is 5.62. The summed E-state index contributed by atoms with van der Waals surface area (Å²) >= 11 is 0. The molecule has 0 radical (unpaired) electrons. The predicted octanol–water partition coefficient (Wildman–Crippen LogP) is 1.29. The Morgan fingerprint density at radius 2 is 2.29 bits per heavy atom. The number of hydrogen-bond acceptors (Lipinski definition) is 3. The van der Waals surface area contributed by atoms with Crippen molar-refractivity contribution in [3.63, 3.8) is 0 Å². The summed E-state index contributed by atoms with van der Waals surface area (Å²) in [6.45, 7) is 1.44. The van der Waals surface area contributed by atoms with Crippen molar-refractivity contribution in [2.45, 2.75) is 44.6 Å². The molecule has 1 aliphatic rings. The molecule has 3 heteroatoms. The Bertz CT molecular complexity index is 163. The van der Waals surface area contributed by atoms with E-state index < -0.39 is 0 Å². The number of rotatable bonds is 6. The van der Waals surface area contributed by atoms with Gasteiger partial charge in [0.2, 0.25) is 0 Å².